The van der Waals surface area contributed by atoms with Crippen molar-refractivity contribution in [3.63, 3.8) is 0 Å². The van der Waals surface area contributed by atoms with Crippen LogP contribution in [0.4, 0.5) is 0 Å². The standard InChI is InChI=1S/C26H33N3O4/c1-4-5-6-18-33-21-10-8-19(9-11-21)23-22(24(30)20-12-14-27-15-13-20)25(31)26(32)29(23)17-7-16-28(2)3/h8-15,23,30H,4-7,16-18H2,1-3H3. The van der Waals surface area contributed by atoms with E-state index in [0.717, 1.165) is 37.1 Å². The zero-order valence-corrected chi connectivity index (χ0v) is 19.7. The Labute approximate surface area is 195 Å². The van der Waals surface area contributed by atoms with Crippen LogP contribution in [-0.2, 0) is 9.59 Å². The van der Waals surface area contributed by atoms with E-state index in [1.165, 1.54) is 0 Å². The van der Waals surface area contributed by atoms with E-state index >= 15 is 0 Å². The van der Waals surface area contributed by atoms with Crippen molar-refractivity contribution in [3.05, 3.63) is 65.5 Å². The summed E-state index contributed by atoms with van der Waals surface area (Å²) >= 11 is 0. The summed E-state index contributed by atoms with van der Waals surface area (Å²) in [5.41, 5.74) is 1.32. The summed E-state index contributed by atoms with van der Waals surface area (Å²) in [6.07, 6.45) is 7.05. The molecule has 1 aliphatic rings. The number of aromatic nitrogens is 1. The van der Waals surface area contributed by atoms with Crippen molar-refractivity contribution in [2.45, 2.75) is 38.6 Å². The fraction of sp³-hybridized carbons (Fsp3) is 0.423. The van der Waals surface area contributed by atoms with E-state index in [0.29, 0.717) is 25.1 Å². The molecule has 33 heavy (non-hydrogen) atoms. The Bertz CT molecular complexity index is 971. The second kappa shape index (κ2) is 11.6. The number of amides is 1. The number of unbranched alkanes of at least 4 members (excludes halogenated alkanes) is 2. The van der Waals surface area contributed by atoms with E-state index < -0.39 is 17.7 Å². The summed E-state index contributed by atoms with van der Waals surface area (Å²) < 4.78 is 5.81. The molecule has 0 bridgehead atoms. The van der Waals surface area contributed by atoms with E-state index in [4.69, 9.17) is 4.74 Å². The Morgan fingerprint density at radius 2 is 1.76 bits per heavy atom. The number of ether oxygens (including phenoxy) is 1. The molecular formula is C26H33N3O4. The van der Waals surface area contributed by atoms with Gasteiger partial charge in [-0.2, -0.15) is 0 Å². The molecule has 0 spiro atoms. The first kappa shape index (κ1) is 24.5. The number of benzene rings is 1. The fourth-order valence-corrected chi connectivity index (χ4v) is 3.97. The smallest absolute Gasteiger partial charge is 0.295 e. The summed E-state index contributed by atoms with van der Waals surface area (Å²) in [4.78, 5) is 33.6. The molecule has 0 saturated carbocycles. The van der Waals surface area contributed by atoms with E-state index in [1.807, 2.05) is 43.3 Å². The average Bonchev–Trinajstić information content (AvgIpc) is 3.07. The third-order valence-electron chi connectivity index (χ3n) is 5.71. The van der Waals surface area contributed by atoms with Crippen molar-refractivity contribution in [2.24, 2.45) is 0 Å². The zero-order valence-electron chi connectivity index (χ0n) is 19.7. The summed E-state index contributed by atoms with van der Waals surface area (Å²) in [5, 5.41) is 11.0. The van der Waals surface area contributed by atoms with Crippen LogP contribution in [0.2, 0.25) is 0 Å². The van der Waals surface area contributed by atoms with Gasteiger partial charge in [0.05, 0.1) is 18.2 Å². The van der Waals surface area contributed by atoms with E-state index in [1.54, 1.807) is 29.4 Å². The molecule has 1 aromatic heterocycles. The predicted octanol–water partition coefficient (Wildman–Crippen LogP) is 4.02. The molecule has 1 unspecified atom stereocenters. The summed E-state index contributed by atoms with van der Waals surface area (Å²) in [7, 11) is 3.93. The Morgan fingerprint density at radius 3 is 2.39 bits per heavy atom. The second-order valence-electron chi connectivity index (χ2n) is 8.51. The SMILES string of the molecule is CCCCCOc1ccc(C2C(=C(O)c3ccncc3)C(=O)C(=O)N2CCCN(C)C)cc1. The lowest BCUT2D eigenvalue weighted by Gasteiger charge is -2.26. The molecule has 1 amide bonds. The highest BCUT2D eigenvalue weighted by atomic mass is 16.5. The lowest BCUT2D eigenvalue weighted by molar-refractivity contribution is -0.139. The van der Waals surface area contributed by atoms with Gasteiger partial charge in [0.2, 0.25) is 0 Å². The Balaban J connectivity index is 1.94. The minimum Gasteiger partial charge on any atom is -0.507 e. The third kappa shape index (κ3) is 5.99. The quantitative estimate of drug-likeness (QED) is 0.240. The first-order chi connectivity index (χ1) is 15.9. The van der Waals surface area contributed by atoms with Crippen molar-refractivity contribution in [2.75, 3.05) is 33.8 Å². The number of carbonyl (C=O) groups is 2. The summed E-state index contributed by atoms with van der Waals surface area (Å²) in [6.45, 7) is 3.99. The van der Waals surface area contributed by atoms with E-state index in [9.17, 15) is 14.7 Å². The maximum absolute atomic E-state index is 13.0. The fourth-order valence-electron chi connectivity index (χ4n) is 3.97. The Kier molecular flexibility index (Phi) is 8.60. The molecule has 0 radical (unpaired) electrons. The molecule has 1 fully saturated rings. The number of ketones is 1. The van der Waals surface area contributed by atoms with Gasteiger partial charge in [-0.05, 0) is 63.3 Å². The van der Waals surface area contributed by atoms with Crippen LogP contribution in [0.25, 0.3) is 5.76 Å². The number of likely N-dealkylation sites (tertiary alicyclic amines) is 1. The van der Waals surface area contributed by atoms with Crippen LogP contribution in [0.1, 0.15) is 49.8 Å². The number of nitrogens with zero attached hydrogens (tertiary/aromatic N) is 3. The normalized spacial score (nSPS) is 17.7. The van der Waals surface area contributed by atoms with Crippen molar-refractivity contribution in [3.8, 4) is 5.75 Å². The molecule has 7 heteroatoms. The number of hydrogen-bond acceptors (Lipinski definition) is 6. The number of pyridine rings is 1. The number of aliphatic hydroxyl groups excluding tert-OH is 1. The van der Waals surface area contributed by atoms with Crippen molar-refractivity contribution >= 4 is 17.4 Å². The van der Waals surface area contributed by atoms with Crippen LogP contribution >= 0.6 is 0 Å². The van der Waals surface area contributed by atoms with Crippen molar-refractivity contribution in [1.29, 1.82) is 0 Å². The van der Waals surface area contributed by atoms with Gasteiger partial charge >= 0.3 is 0 Å². The first-order valence-corrected chi connectivity index (χ1v) is 11.5. The highest BCUT2D eigenvalue weighted by molar-refractivity contribution is 6.46. The van der Waals surface area contributed by atoms with Gasteiger partial charge < -0.3 is 19.6 Å². The van der Waals surface area contributed by atoms with Gasteiger partial charge in [-0.3, -0.25) is 14.6 Å². The van der Waals surface area contributed by atoms with E-state index in [-0.39, 0.29) is 11.3 Å². The average molecular weight is 452 g/mol. The molecule has 1 aliphatic heterocycles. The molecule has 1 saturated heterocycles. The molecule has 176 valence electrons. The van der Waals surface area contributed by atoms with Gasteiger partial charge in [0.15, 0.2) is 0 Å². The zero-order chi connectivity index (χ0) is 23.8. The van der Waals surface area contributed by atoms with Crippen LogP contribution < -0.4 is 4.74 Å². The molecule has 1 N–H and O–H groups in total. The lowest BCUT2D eigenvalue weighted by Crippen LogP contribution is -2.32. The van der Waals surface area contributed by atoms with Gasteiger partial charge in [-0.25, -0.2) is 0 Å². The monoisotopic (exact) mass is 451 g/mol. The van der Waals surface area contributed by atoms with Crippen LogP contribution in [0.5, 0.6) is 5.75 Å². The number of hydrogen-bond donors (Lipinski definition) is 1. The highest BCUT2D eigenvalue weighted by Gasteiger charge is 2.45. The van der Waals surface area contributed by atoms with Gasteiger partial charge in [-0.15, -0.1) is 0 Å². The molecule has 2 aromatic rings. The van der Waals surface area contributed by atoms with Gasteiger partial charge in [0, 0.05) is 24.5 Å². The number of carbonyl (C=O) groups excluding carboxylic acids is 2. The second-order valence-corrected chi connectivity index (χ2v) is 8.51. The maximum Gasteiger partial charge on any atom is 0.295 e. The largest absolute Gasteiger partial charge is 0.507 e. The molecule has 1 aromatic carbocycles. The number of rotatable bonds is 11. The van der Waals surface area contributed by atoms with Gasteiger partial charge in [0.1, 0.15) is 11.5 Å². The van der Waals surface area contributed by atoms with Crippen LogP contribution in [0.15, 0.2) is 54.4 Å². The summed E-state index contributed by atoms with van der Waals surface area (Å²) in [5.74, 6) is -0.697. The molecule has 3 rings (SSSR count). The number of aliphatic hydroxyl groups is 1. The minimum atomic E-state index is -0.668. The van der Waals surface area contributed by atoms with Gasteiger partial charge in [-0.1, -0.05) is 31.9 Å². The topological polar surface area (TPSA) is 83.0 Å². The van der Waals surface area contributed by atoms with Crippen LogP contribution in [-0.4, -0.2) is 65.4 Å². The molecule has 7 nitrogen and oxygen atoms in total. The number of Topliss-reactive ketones (excluding diaryl/α,β-unsaturated/α-hetero) is 1. The molecule has 2 heterocycles. The van der Waals surface area contributed by atoms with Crippen molar-refractivity contribution < 1.29 is 19.4 Å². The molecule has 0 aliphatic carbocycles. The van der Waals surface area contributed by atoms with Crippen LogP contribution in [0, 0.1) is 0 Å². The highest BCUT2D eigenvalue weighted by Crippen LogP contribution is 2.39. The molecular weight excluding hydrogens is 418 g/mol. The minimum absolute atomic E-state index is 0.104. The molecule has 1 atom stereocenters. The van der Waals surface area contributed by atoms with E-state index in [2.05, 4.69) is 11.9 Å². The predicted molar refractivity (Wildman–Crippen MR) is 128 cm³/mol. The van der Waals surface area contributed by atoms with Crippen LogP contribution in [0.3, 0.4) is 0 Å². The summed E-state index contributed by atoms with van der Waals surface area (Å²) in [6, 6.07) is 10.0. The Morgan fingerprint density at radius 1 is 1.06 bits per heavy atom. The lowest BCUT2D eigenvalue weighted by atomic mass is 9.95. The first-order valence-electron chi connectivity index (χ1n) is 11.5. The maximum atomic E-state index is 13.0. The van der Waals surface area contributed by atoms with Crippen molar-refractivity contribution in [1.82, 2.24) is 14.8 Å². The Hall–Kier alpha value is -3.19. The third-order valence-corrected chi connectivity index (χ3v) is 5.71. The van der Waals surface area contributed by atoms with Gasteiger partial charge in [0.25, 0.3) is 11.7 Å².